The molecular weight excluding hydrogens is 424 g/mol. The van der Waals surface area contributed by atoms with Crippen LogP contribution in [0.5, 0.6) is 5.75 Å². The number of halogens is 1. The van der Waals surface area contributed by atoms with E-state index in [1.54, 1.807) is 0 Å². The van der Waals surface area contributed by atoms with Gasteiger partial charge in [0.2, 0.25) is 11.7 Å². The summed E-state index contributed by atoms with van der Waals surface area (Å²) in [6.07, 6.45) is 1.53. The zero-order valence-corrected chi connectivity index (χ0v) is 18.0. The van der Waals surface area contributed by atoms with Crippen LogP contribution in [0.15, 0.2) is 87.3 Å². The Morgan fingerprint density at radius 1 is 1.03 bits per heavy atom. The first-order chi connectivity index (χ1) is 15.6. The summed E-state index contributed by atoms with van der Waals surface area (Å²) in [5, 5.41) is 8.02. The lowest BCUT2D eigenvalue weighted by Crippen LogP contribution is -2.36. The van der Waals surface area contributed by atoms with E-state index in [9.17, 15) is 4.79 Å². The van der Waals surface area contributed by atoms with Crippen molar-refractivity contribution in [3.8, 4) is 5.75 Å². The number of hydrogen-bond acceptors (Lipinski definition) is 5. The quantitative estimate of drug-likeness (QED) is 0.382. The molecule has 6 heteroatoms. The van der Waals surface area contributed by atoms with Crippen molar-refractivity contribution < 1.29 is 9.15 Å². The number of hydrazone groups is 1. The van der Waals surface area contributed by atoms with Crippen molar-refractivity contribution >= 4 is 28.3 Å². The molecule has 0 N–H and O–H groups in total. The molecule has 32 heavy (non-hydrogen) atoms. The largest absolute Gasteiger partial charge is 0.464 e. The molecule has 3 aromatic carbocycles. The fourth-order valence-corrected chi connectivity index (χ4v) is 4.61. The van der Waals surface area contributed by atoms with Gasteiger partial charge in [0.1, 0.15) is 17.6 Å². The predicted molar refractivity (Wildman–Crippen MR) is 124 cm³/mol. The van der Waals surface area contributed by atoms with Crippen molar-refractivity contribution in [2.24, 2.45) is 5.10 Å². The van der Waals surface area contributed by atoms with Gasteiger partial charge in [0, 0.05) is 17.0 Å². The topological polar surface area (TPSA) is 55.0 Å². The van der Waals surface area contributed by atoms with Gasteiger partial charge in [-0.2, -0.15) is 5.10 Å². The van der Waals surface area contributed by atoms with Crippen LogP contribution < -0.4 is 10.2 Å². The van der Waals surface area contributed by atoms with E-state index in [1.807, 2.05) is 72.6 Å². The molecule has 0 aliphatic carbocycles. The molecule has 0 saturated carbocycles. The van der Waals surface area contributed by atoms with E-state index in [2.05, 4.69) is 6.07 Å². The Morgan fingerprint density at radius 2 is 1.84 bits per heavy atom. The minimum Gasteiger partial charge on any atom is -0.464 e. The first-order valence-corrected chi connectivity index (χ1v) is 10.9. The number of nitrogens with zero attached hydrogens (tertiary/aromatic N) is 2. The zero-order chi connectivity index (χ0) is 21.8. The summed E-state index contributed by atoms with van der Waals surface area (Å²) in [5.41, 5.74) is 4.87. The third-order valence-corrected chi connectivity index (χ3v) is 6.35. The van der Waals surface area contributed by atoms with Crippen molar-refractivity contribution in [2.45, 2.75) is 25.6 Å². The van der Waals surface area contributed by atoms with Crippen LogP contribution >= 0.6 is 11.6 Å². The minimum atomic E-state index is -0.680. The van der Waals surface area contributed by atoms with Crippen LogP contribution in [-0.4, -0.2) is 10.7 Å². The molecule has 0 bridgehead atoms. The van der Waals surface area contributed by atoms with Crippen LogP contribution in [0.3, 0.4) is 0 Å². The highest BCUT2D eigenvalue weighted by atomic mass is 35.5. The second-order valence-electron chi connectivity index (χ2n) is 8.18. The number of fused-ring (bicyclic) bond motifs is 4. The molecular formula is C26H19ClN2O3. The van der Waals surface area contributed by atoms with Gasteiger partial charge in [0.25, 0.3) is 0 Å². The standard InChI is InChI=1S/C26H19ClN2O3/c1-15-6-11-23-19(12-15)25(30)20(14-31-23)26-29-22(18-4-2-3-5-24(18)32-26)13-21(28-29)16-7-9-17(27)10-8-16/h2-12,14,22,26H,13H2,1H3/t22-,26+/m0/s1. The van der Waals surface area contributed by atoms with E-state index in [-0.39, 0.29) is 11.5 Å². The number of ether oxygens (including phenoxy) is 1. The normalized spacial score (nSPS) is 19.3. The number of hydrogen-bond donors (Lipinski definition) is 0. The second kappa shape index (κ2) is 7.24. The second-order valence-corrected chi connectivity index (χ2v) is 8.62. The number of benzene rings is 3. The van der Waals surface area contributed by atoms with Crippen LogP contribution in [0.1, 0.15) is 40.9 Å². The van der Waals surface area contributed by atoms with Crippen LogP contribution in [-0.2, 0) is 0 Å². The SMILES string of the molecule is Cc1ccc2occ([C@H]3Oc4ccccc4[C@@H]4CC(c5ccc(Cl)cc5)=NN34)c(=O)c2c1. The third kappa shape index (κ3) is 3.00. The predicted octanol–water partition coefficient (Wildman–Crippen LogP) is 6.00. The highest BCUT2D eigenvalue weighted by Gasteiger charge is 2.42. The Labute approximate surface area is 189 Å². The molecule has 6 rings (SSSR count). The Balaban J connectivity index is 1.50. The number of para-hydroxylation sites is 1. The van der Waals surface area contributed by atoms with Gasteiger partial charge >= 0.3 is 0 Å². The van der Waals surface area contributed by atoms with Gasteiger partial charge in [0.15, 0.2) is 0 Å². The lowest BCUT2D eigenvalue weighted by Gasteiger charge is -2.37. The maximum absolute atomic E-state index is 13.4. The molecule has 1 aromatic heterocycles. The van der Waals surface area contributed by atoms with E-state index in [1.165, 1.54) is 6.26 Å². The molecule has 0 saturated heterocycles. The van der Waals surface area contributed by atoms with Crippen LogP contribution in [0.4, 0.5) is 0 Å². The molecule has 3 heterocycles. The maximum atomic E-state index is 13.4. The Morgan fingerprint density at radius 3 is 2.69 bits per heavy atom. The van der Waals surface area contributed by atoms with E-state index in [4.69, 9.17) is 25.9 Å². The van der Waals surface area contributed by atoms with Gasteiger partial charge in [-0.25, -0.2) is 5.01 Å². The Kier molecular flexibility index (Phi) is 4.33. The average molecular weight is 443 g/mol. The fourth-order valence-electron chi connectivity index (χ4n) is 4.49. The number of rotatable bonds is 2. The molecule has 2 aliphatic heterocycles. The summed E-state index contributed by atoms with van der Waals surface area (Å²) in [4.78, 5) is 13.4. The summed E-state index contributed by atoms with van der Waals surface area (Å²) < 4.78 is 12.2. The first-order valence-electron chi connectivity index (χ1n) is 10.5. The van der Waals surface area contributed by atoms with Crippen molar-refractivity contribution in [2.75, 3.05) is 0 Å². The summed E-state index contributed by atoms with van der Waals surface area (Å²) in [7, 11) is 0. The maximum Gasteiger partial charge on any atom is 0.220 e. The first kappa shape index (κ1) is 19.1. The van der Waals surface area contributed by atoms with E-state index in [0.717, 1.165) is 28.2 Å². The monoisotopic (exact) mass is 442 g/mol. The van der Waals surface area contributed by atoms with Crippen LogP contribution in [0.2, 0.25) is 5.02 Å². The summed E-state index contributed by atoms with van der Waals surface area (Å²) in [6.45, 7) is 1.96. The molecule has 4 aromatic rings. The number of aryl methyl sites for hydroxylation is 1. The zero-order valence-electron chi connectivity index (χ0n) is 17.3. The minimum absolute atomic E-state index is 0.0387. The molecule has 0 amide bonds. The molecule has 2 atom stereocenters. The molecule has 2 aliphatic rings. The highest BCUT2D eigenvalue weighted by molar-refractivity contribution is 6.30. The Hall–Kier alpha value is -3.57. The van der Waals surface area contributed by atoms with Crippen molar-refractivity contribution in [1.82, 2.24) is 5.01 Å². The van der Waals surface area contributed by atoms with Gasteiger partial charge in [-0.1, -0.05) is 53.6 Å². The lowest BCUT2D eigenvalue weighted by atomic mass is 9.96. The van der Waals surface area contributed by atoms with Crippen molar-refractivity contribution in [3.63, 3.8) is 0 Å². The summed E-state index contributed by atoms with van der Waals surface area (Å²) in [5.74, 6) is 0.759. The molecule has 0 unspecified atom stereocenters. The smallest absolute Gasteiger partial charge is 0.220 e. The van der Waals surface area contributed by atoms with E-state index < -0.39 is 6.23 Å². The summed E-state index contributed by atoms with van der Waals surface area (Å²) >= 11 is 6.07. The third-order valence-electron chi connectivity index (χ3n) is 6.10. The van der Waals surface area contributed by atoms with Crippen LogP contribution in [0, 0.1) is 6.92 Å². The van der Waals surface area contributed by atoms with Gasteiger partial charge in [-0.3, -0.25) is 4.79 Å². The van der Waals surface area contributed by atoms with Gasteiger partial charge in [0.05, 0.1) is 22.7 Å². The van der Waals surface area contributed by atoms with Crippen LogP contribution in [0.25, 0.3) is 11.0 Å². The lowest BCUT2D eigenvalue weighted by molar-refractivity contribution is -0.0205. The Bertz CT molecular complexity index is 1440. The fraction of sp³-hybridized carbons (Fsp3) is 0.154. The molecule has 0 radical (unpaired) electrons. The highest BCUT2D eigenvalue weighted by Crippen LogP contribution is 2.47. The summed E-state index contributed by atoms with van der Waals surface area (Å²) in [6, 6.07) is 21.1. The average Bonchev–Trinajstić information content (AvgIpc) is 3.26. The molecule has 0 spiro atoms. The molecule has 158 valence electrons. The van der Waals surface area contributed by atoms with Gasteiger partial charge < -0.3 is 9.15 Å². The van der Waals surface area contributed by atoms with Crippen molar-refractivity contribution in [3.05, 3.63) is 110 Å². The van der Waals surface area contributed by atoms with Crippen molar-refractivity contribution in [1.29, 1.82) is 0 Å². The van der Waals surface area contributed by atoms with Gasteiger partial charge in [-0.15, -0.1) is 0 Å². The van der Waals surface area contributed by atoms with Gasteiger partial charge in [-0.05, 0) is 42.8 Å². The molecule has 0 fully saturated rings. The van der Waals surface area contributed by atoms with E-state index in [0.29, 0.717) is 28.0 Å². The van der Waals surface area contributed by atoms with E-state index >= 15 is 0 Å². The molecule has 5 nitrogen and oxygen atoms in total.